The zero-order valence-electron chi connectivity index (χ0n) is 13.3. The van der Waals surface area contributed by atoms with Gasteiger partial charge in [-0.15, -0.1) is 0 Å². The molecule has 1 aromatic carbocycles. The Balaban J connectivity index is 3.42. The van der Waals surface area contributed by atoms with E-state index in [0.717, 1.165) is 25.1 Å². The number of hydrogen-bond donors (Lipinski definition) is 1. The van der Waals surface area contributed by atoms with Crippen molar-refractivity contribution < 1.29 is 4.74 Å². The Labute approximate surface area is 118 Å². The number of methoxy groups -OCH3 is 1. The summed E-state index contributed by atoms with van der Waals surface area (Å²) in [6, 6.07) is 4.51. The summed E-state index contributed by atoms with van der Waals surface area (Å²) >= 11 is 0. The molecule has 0 amide bonds. The molecule has 0 aromatic heterocycles. The molecule has 0 saturated heterocycles. The minimum absolute atomic E-state index is 0.0904. The van der Waals surface area contributed by atoms with Crippen LogP contribution in [0.3, 0.4) is 0 Å². The lowest BCUT2D eigenvalue weighted by Crippen LogP contribution is -2.16. The van der Waals surface area contributed by atoms with Crippen LogP contribution < -0.4 is 10.5 Å². The first-order chi connectivity index (χ1) is 8.85. The van der Waals surface area contributed by atoms with Crippen molar-refractivity contribution in [1.29, 1.82) is 0 Å². The highest BCUT2D eigenvalue weighted by Gasteiger charge is 2.24. The number of rotatable bonds is 5. The molecule has 0 saturated carbocycles. The van der Waals surface area contributed by atoms with E-state index >= 15 is 0 Å². The van der Waals surface area contributed by atoms with Gasteiger partial charge in [-0.05, 0) is 43.2 Å². The van der Waals surface area contributed by atoms with Crippen molar-refractivity contribution in [3.05, 3.63) is 28.8 Å². The molecule has 0 fully saturated rings. The Morgan fingerprint density at radius 3 is 2.32 bits per heavy atom. The fourth-order valence-corrected chi connectivity index (χ4v) is 2.67. The maximum absolute atomic E-state index is 5.75. The van der Waals surface area contributed by atoms with Crippen LogP contribution >= 0.6 is 0 Å². The third-order valence-corrected chi connectivity index (χ3v) is 3.72. The SMILES string of the molecule is CCC(CCN)c1cc(C)cc(C(C)(C)C)c1OC. The second-order valence-corrected chi connectivity index (χ2v) is 6.37. The van der Waals surface area contributed by atoms with Gasteiger partial charge in [0.15, 0.2) is 0 Å². The van der Waals surface area contributed by atoms with Crippen molar-refractivity contribution in [2.45, 2.75) is 58.8 Å². The van der Waals surface area contributed by atoms with Gasteiger partial charge in [-0.2, -0.15) is 0 Å². The topological polar surface area (TPSA) is 35.2 Å². The summed E-state index contributed by atoms with van der Waals surface area (Å²) in [4.78, 5) is 0. The Morgan fingerprint density at radius 2 is 1.89 bits per heavy atom. The standard InChI is InChI=1S/C17H29NO/c1-7-13(8-9-18)14-10-12(2)11-15(16(14)19-6)17(3,4)5/h10-11,13H,7-9,18H2,1-6H3. The van der Waals surface area contributed by atoms with Crippen molar-refractivity contribution in [2.75, 3.05) is 13.7 Å². The summed E-state index contributed by atoms with van der Waals surface area (Å²) in [6.07, 6.45) is 2.11. The van der Waals surface area contributed by atoms with E-state index in [2.05, 4.69) is 46.8 Å². The third kappa shape index (κ3) is 3.73. The van der Waals surface area contributed by atoms with Crippen LogP contribution in [0, 0.1) is 6.92 Å². The Kier molecular flexibility index (Phi) is 5.42. The van der Waals surface area contributed by atoms with E-state index in [-0.39, 0.29) is 5.41 Å². The van der Waals surface area contributed by atoms with E-state index in [1.54, 1.807) is 7.11 Å². The number of hydrogen-bond acceptors (Lipinski definition) is 2. The third-order valence-electron chi connectivity index (χ3n) is 3.72. The van der Waals surface area contributed by atoms with Gasteiger partial charge in [0.1, 0.15) is 5.75 Å². The normalized spacial score (nSPS) is 13.4. The van der Waals surface area contributed by atoms with Gasteiger partial charge in [0.25, 0.3) is 0 Å². The number of ether oxygens (including phenoxy) is 1. The summed E-state index contributed by atoms with van der Waals surface area (Å²) in [6.45, 7) is 11.8. The minimum atomic E-state index is 0.0904. The maximum atomic E-state index is 5.75. The van der Waals surface area contributed by atoms with Crippen LogP contribution in [0.15, 0.2) is 12.1 Å². The first-order valence-electron chi connectivity index (χ1n) is 7.24. The predicted molar refractivity (Wildman–Crippen MR) is 83.1 cm³/mol. The molecule has 0 aliphatic rings. The highest BCUT2D eigenvalue weighted by molar-refractivity contribution is 5.49. The fraction of sp³-hybridized carbons (Fsp3) is 0.647. The molecule has 0 heterocycles. The van der Waals surface area contributed by atoms with E-state index in [1.165, 1.54) is 16.7 Å². The number of benzene rings is 1. The second kappa shape index (κ2) is 6.42. The van der Waals surface area contributed by atoms with E-state index in [1.807, 2.05) is 0 Å². The van der Waals surface area contributed by atoms with Crippen LogP contribution in [0.4, 0.5) is 0 Å². The first kappa shape index (κ1) is 16.0. The molecule has 1 aromatic rings. The van der Waals surface area contributed by atoms with Gasteiger partial charge in [-0.25, -0.2) is 0 Å². The smallest absolute Gasteiger partial charge is 0.126 e. The molecule has 19 heavy (non-hydrogen) atoms. The van der Waals surface area contributed by atoms with Crippen molar-refractivity contribution >= 4 is 0 Å². The number of aryl methyl sites for hydroxylation is 1. The van der Waals surface area contributed by atoms with Gasteiger partial charge < -0.3 is 10.5 Å². The summed E-state index contributed by atoms with van der Waals surface area (Å²) in [5, 5.41) is 0. The highest BCUT2D eigenvalue weighted by Crippen LogP contribution is 2.40. The van der Waals surface area contributed by atoms with Gasteiger partial charge in [0.05, 0.1) is 7.11 Å². The molecule has 1 unspecified atom stereocenters. The molecule has 1 atom stereocenters. The molecule has 0 bridgehead atoms. The fourth-order valence-electron chi connectivity index (χ4n) is 2.67. The summed E-state index contributed by atoms with van der Waals surface area (Å²) in [5.41, 5.74) is 9.76. The molecule has 2 N–H and O–H groups in total. The molecule has 0 radical (unpaired) electrons. The van der Waals surface area contributed by atoms with Gasteiger partial charge in [0, 0.05) is 5.56 Å². The molecule has 108 valence electrons. The Hall–Kier alpha value is -1.02. The highest BCUT2D eigenvalue weighted by atomic mass is 16.5. The molecular weight excluding hydrogens is 234 g/mol. The van der Waals surface area contributed by atoms with Gasteiger partial charge in [0.2, 0.25) is 0 Å². The predicted octanol–water partition coefficient (Wildman–Crippen LogP) is 4.14. The van der Waals surface area contributed by atoms with Crippen LogP contribution in [0.1, 0.15) is 63.1 Å². The zero-order valence-corrected chi connectivity index (χ0v) is 13.3. The van der Waals surface area contributed by atoms with Gasteiger partial charge in [-0.3, -0.25) is 0 Å². The van der Waals surface area contributed by atoms with Crippen LogP contribution in [-0.2, 0) is 5.41 Å². The lowest BCUT2D eigenvalue weighted by atomic mass is 9.81. The van der Waals surface area contributed by atoms with Crippen molar-refractivity contribution in [3.63, 3.8) is 0 Å². The second-order valence-electron chi connectivity index (χ2n) is 6.37. The zero-order chi connectivity index (χ0) is 14.6. The first-order valence-corrected chi connectivity index (χ1v) is 7.24. The average Bonchev–Trinajstić information content (AvgIpc) is 2.33. The van der Waals surface area contributed by atoms with Crippen molar-refractivity contribution in [3.8, 4) is 5.75 Å². The summed E-state index contributed by atoms with van der Waals surface area (Å²) in [7, 11) is 1.78. The van der Waals surface area contributed by atoms with Crippen LogP contribution in [-0.4, -0.2) is 13.7 Å². The maximum Gasteiger partial charge on any atom is 0.126 e. The minimum Gasteiger partial charge on any atom is -0.496 e. The Bertz CT molecular complexity index is 418. The summed E-state index contributed by atoms with van der Waals surface area (Å²) < 4.78 is 5.75. The Morgan fingerprint density at radius 1 is 1.26 bits per heavy atom. The average molecular weight is 263 g/mol. The van der Waals surface area contributed by atoms with Crippen molar-refractivity contribution in [1.82, 2.24) is 0 Å². The molecule has 0 aliphatic carbocycles. The van der Waals surface area contributed by atoms with Crippen LogP contribution in [0.2, 0.25) is 0 Å². The lowest BCUT2D eigenvalue weighted by Gasteiger charge is -2.27. The van der Waals surface area contributed by atoms with E-state index < -0.39 is 0 Å². The molecule has 0 spiro atoms. The van der Waals surface area contributed by atoms with Crippen molar-refractivity contribution in [2.24, 2.45) is 5.73 Å². The monoisotopic (exact) mass is 263 g/mol. The van der Waals surface area contributed by atoms with Gasteiger partial charge >= 0.3 is 0 Å². The lowest BCUT2D eigenvalue weighted by molar-refractivity contribution is 0.386. The van der Waals surface area contributed by atoms with Crippen LogP contribution in [0.5, 0.6) is 5.75 Å². The molecule has 1 rings (SSSR count). The summed E-state index contributed by atoms with van der Waals surface area (Å²) in [5.74, 6) is 1.54. The quantitative estimate of drug-likeness (QED) is 0.866. The van der Waals surface area contributed by atoms with E-state index in [4.69, 9.17) is 10.5 Å². The molecule has 0 aliphatic heterocycles. The van der Waals surface area contributed by atoms with Gasteiger partial charge in [-0.1, -0.05) is 45.4 Å². The largest absolute Gasteiger partial charge is 0.496 e. The molecule has 2 heteroatoms. The van der Waals surface area contributed by atoms with Crippen LogP contribution in [0.25, 0.3) is 0 Å². The van der Waals surface area contributed by atoms with E-state index in [0.29, 0.717) is 5.92 Å². The number of nitrogens with two attached hydrogens (primary N) is 1. The van der Waals surface area contributed by atoms with E-state index in [9.17, 15) is 0 Å². The molecular formula is C17H29NO. The molecule has 2 nitrogen and oxygen atoms in total.